The first-order valence-corrected chi connectivity index (χ1v) is 20.4. The van der Waals surface area contributed by atoms with E-state index >= 15 is 0 Å². The van der Waals surface area contributed by atoms with Gasteiger partial charge in [-0.1, -0.05) is 66.5 Å². The van der Waals surface area contributed by atoms with Crippen LogP contribution in [-0.4, -0.2) is 32.2 Å². The highest BCUT2D eigenvalue weighted by Gasteiger charge is 2.19. The van der Waals surface area contributed by atoms with Gasteiger partial charge in [-0.2, -0.15) is 10.5 Å². The van der Waals surface area contributed by atoms with Crippen LogP contribution in [0, 0.1) is 36.5 Å². The number of benzene rings is 4. The van der Waals surface area contributed by atoms with Gasteiger partial charge in [-0.05, 0) is 77.9 Å². The van der Waals surface area contributed by atoms with Crippen LogP contribution in [0.1, 0.15) is 69.0 Å². The average Bonchev–Trinajstić information content (AvgIpc) is 3.28. The number of pyridine rings is 2. The van der Waals surface area contributed by atoms with Gasteiger partial charge in [0.25, 0.3) is 0 Å². The highest BCUT2D eigenvalue weighted by Crippen LogP contribution is 2.37. The van der Waals surface area contributed by atoms with Crippen LogP contribution in [0.15, 0.2) is 97.6 Å². The van der Waals surface area contributed by atoms with Gasteiger partial charge in [0.05, 0.1) is 27.8 Å². The number of aliphatic hydroxyl groups excluding tert-OH is 1. The fraction of sp³-hybridized carbons (Fsp3) is 0.229. The molecule has 0 aliphatic heterocycles. The number of carboxylic acid groups (broad SMARTS) is 1. The van der Waals surface area contributed by atoms with Crippen LogP contribution in [0.3, 0.4) is 0 Å². The largest absolute Gasteiger partial charge is 0.488 e. The van der Waals surface area contributed by atoms with E-state index in [-0.39, 0.29) is 39.6 Å². The quantitative estimate of drug-likeness (QED) is 0.0703. The smallest absolute Gasteiger partial charge is 0.320 e. The molecule has 6 aromatic rings. The zero-order valence-electron chi connectivity index (χ0n) is 34.2. The van der Waals surface area contributed by atoms with Crippen molar-refractivity contribution in [2.45, 2.75) is 72.8 Å². The van der Waals surface area contributed by atoms with Crippen molar-refractivity contribution in [2.75, 3.05) is 0 Å². The summed E-state index contributed by atoms with van der Waals surface area (Å²) in [4.78, 5) is 19.9. The van der Waals surface area contributed by atoms with Crippen molar-refractivity contribution in [1.29, 1.82) is 10.5 Å². The molecule has 2 heterocycles. The summed E-state index contributed by atoms with van der Waals surface area (Å²) < 4.78 is 24.8. The third-order valence-electron chi connectivity index (χ3n) is 10.2. The van der Waals surface area contributed by atoms with E-state index in [1.165, 1.54) is 12.4 Å². The summed E-state index contributed by atoms with van der Waals surface area (Å²) in [6.45, 7) is 6.37. The van der Waals surface area contributed by atoms with E-state index in [2.05, 4.69) is 39.6 Å². The molecule has 0 saturated carbocycles. The number of aliphatic hydroxyl groups is 1. The van der Waals surface area contributed by atoms with E-state index in [9.17, 15) is 25.5 Å². The number of hydrogen-bond donors (Lipinski definition) is 3. The Hall–Kier alpha value is -6.67. The molecular weight excluding hydrogens is 829 g/mol. The monoisotopic (exact) mass is 871 g/mol. The van der Waals surface area contributed by atoms with E-state index in [4.69, 9.17) is 42.1 Å². The number of rotatable bonds is 19. The molecule has 62 heavy (non-hydrogen) atoms. The van der Waals surface area contributed by atoms with Gasteiger partial charge < -0.3 is 34.5 Å². The van der Waals surface area contributed by atoms with Gasteiger partial charge in [0.15, 0.2) is 0 Å². The molecule has 12 nitrogen and oxygen atoms in total. The summed E-state index contributed by atoms with van der Waals surface area (Å²) in [7, 11) is 0. The highest BCUT2D eigenvalue weighted by atomic mass is 35.5. The topological polar surface area (TPSA) is 180 Å². The number of nitrogens with one attached hydrogen (secondary N) is 1. The Balaban J connectivity index is 1.18. The number of nitriles is 2. The van der Waals surface area contributed by atoms with Crippen molar-refractivity contribution in [2.24, 2.45) is 0 Å². The molecule has 0 bridgehead atoms. The zero-order valence-corrected chi connectivity index (χ0v) is 35.8. The number of hydrogen-bond acceptors (Lipinski definition) is 11. The number of nitrogens with zero attached hydrogens (tertiary/aromatic N) is 4. The number of carbonyl (C=O) groups is 1. The lowest BCUT2D eigenvalue weighted by Gasteiger charge is -2.19. The van der Waals surface area contributed by atoms with Crippen LogP contribution < -0.4 is 24.3 Å². The Morgan fingerprint density at radius 2 is 1.15 bits per heavy atom. The van der Waals surface area contributed by atoms with Crippen LogP contribution in [0.5, 0.6) is 23.0 Å². The van der Waals surface area contributed by atoms with Crippen molar-refractivity contribution < 1.29 is 34.0 Å². The van der Waals surface area contributed by atoms with Gasteiger partial charge in [0.1, 0.15) is 67.6 Å². The van der Waals surface area contributed by atoms with E-state index in [0.717, 1.165) is 33.4 Å². The minimum Gasteiger partial charge on any atom is -0.488 e. The number of ether oxygens (including phenoxy) is 4. The van der Waals surface area contributed by atoms with Crippen LogP contribution in [-0.2, 0) is 44.4 Å². The van der Waals surface area contributed by atoms with Crippen molar-refractivity contribution in [3.8, 4) is 46.3 Å². The van der Waals surface area contributed by atoms with Gasteiger partial charge in [0.2, 0.25) is 0 Å². The second-order valence-electron chi connectivity index (χ2n) is 14.3. The van der Waals surface area contributed by atoms with Gasteiger partial charge >= 0.3 is 5.97 Å². The van der Waals surface area contributed by atoms with Gasteiger partial charge in [-0.25, -0.2) is 0 Å². The molecule has 1 atom stereocenters. The molecule has 0 spiro atoms. The van der Waals surface area contributed by atoms with E-state index in [0.29, 0.717) is 72.8 Å². The van der Waals surface area contributed by atoms with Crippen LogP contribution in [0.25, 0.3) is 11.1 Å². The first kappa shape index (κ1) is 44.9. The molecule has 0 fully saturated rings. The molecule has 0 amide bonds. The summed E-state index contributed by atoms with van der Waals surface area (Å²) in [5.74, 6) is 0.639. The normalized spacial score (nSPS) is 11.3. The maximum atomic E-state index is 11.7. The molecule has 0 aliphatic rings. The Morgan fingerprint density at radius 3 is 1.60 bits per heavy atom. The SMILES string of the molecule is CC[C@@H](NCc1cc(Cl)c(OCc2cccc(-c3cccc(COc4cc(OCc5cncc(C#N)c5)c(CO)cc4Cl)c3C)c2C)cc1OCc1cncc(C#N)c1)C(=O)O. The van der Waals surface area contributed by atoms with Gasteiger partial charge in [0, 0.05) is 65.7 Å². The standard InChI is InChI=1S/C48H43Cl2N5O7/c1-4-43(48(57)58)55-23-37-13-41(49)46(15-44(37)59-25-33-11-31(17-51)19-53-21-33)61-27-35-7-5-9-39(29(35)2)40-10-6-8-36(30(40)3)28-62-47-16-45(38(24-56)14-42(47)50)60-26-34-12-32(18-52)20-54-22-34/h5-16,19-22,43,55-56H,4,23-28H2,1-3H3,(H,57,58)/t43-/m1/s1. The lowest BCUT2D eigenvalue weighted by Crippen LogP contribution is -2.35. The van der Waals surface area contributed by atoms with Gasteiger partial charge in [-0.3, -0.25) is 14.8 Å². The fourth-order valence-corrected chi connectivity index (χ4v) is 7.18. The molecule has 0 aliphatic carbocycles. The third-order valence-corrected chi connectivity index (χ3v) is 10.8. The van der Waals surface area contributed by atoms with Crippen LogP contribution >= 0.6 is 23.2 Å². The molecule has 0 radical (unpaired) electrons. The number of halogens is 2. The number of carboxylic acids is 1. The lowest BCUT2D eigenvalue weighted by molar-refractivity contribution is -0.139. The third kappa shape index (κ3) is 11.2. The van der Waals surface area contributed by atoms with E-state index in [1.807, 2.05) is 38.1 Å². The molecule has 2 aromatic heterocycles. The Labute approximate surface area is 369 Å². The molecule has 316 valence electrons. The number of aromatic nitrogens is 2. The molecule has 4 aromatic carbocycles. The van der Waals surface area contributed by atoms with Crippen LogP contribution in [0.2, 0.25) is 10.0 Å². The Morgan fingerprint density at radius 1 is 0.677 bits per heavy atom. The molecule has 14 heteroatoms. The number of aliphatic carboxylic acids is 1. The van der Waals surface area contributed by atoms with Crippen molar-refractivity contribution in [1.82, 2.24) is 15.3 Å². The second kappa shape index (κ2) is 21.2. The molecule has 6 rings (SSSR count). The Bertz CT molecular complexity index is 2660. The molecule has 0 saturated heterocycles. The van der Waals surface area contributed by atoms with Crippen LogP contribution in [0.4, 0.5) is 0 Å². The predicted octanol–water partition coefficient (Wildman–Crippen LogP) is 9.57. The fourth-order valence-electron chi connectivity index (χ4n) is 6.69. The van der Waals surface area contributed by atoms with Crippen molar-refractivity contribution in [3.63, 3.8) is 0 Å². The second-order valence-corrected chi connectivity index (χ2v) is 15.2. The van der Waals surface area contributed by atoms with Gasteiger partial charge in [-0.15, -0.1) is 0 Å². The molecule has 0 unspecified atom stereocenters. The maximum Gasteiger partial charge on any atom is 0.320 e. The molecule has 3 N–H and O–H groups in total. The minimum atomic E-state index is -0.959. The summed E-state index contributed by atoms with van der Waals surface area (Å²) in [5.41, 5.74) is 9.23. The first-order chi connectivity index (χ1) is 30.0. The van der Waals surface area contributed by atoms with Crippen molar-refractivity contribution >= 4 is 29.2 Å². The Kier molecular flexibility index (Phi) is 15.4. The van der Waals surface area contributed by atoms with E-state index < -0.39 is 12.0 Å². The summed E-state index contributed by atoms with van der Waals surface area (Å²) in [6.07, 6.45) is 6.56. The highest BCUT2D eigenvalue weighted by molar-refractivity contribution is 6.32. The van der Waals surface area contributed by atoms with E-state index in [1.54, 1.807) is 55.7 Å². The summed E-state index contributed by atoms with van der Waals surface area (Å²) in [5, 5.41) is 41.9. The van der Waals surface area contributed by atoms with Crippen molar-refractivity contribution in [3.05, 3.63) is 163 Å². The first-order valence-electron chi connectivity index (χ1n) is 19.6. The average molecular weight is 873 g/mol. The predicted molar refractivity (Wildman–Crippen MR) is 234 cm³/mol. The zero-order chi connectivity index (χ0) is 44.2. The summed E-state index contributed by atoms with van der Waals surface area (Å²) >= 11 is 13.4. The molecular formula is C48H43Cl2N5O7. The lowest BCUT2D eigenvalue weighted by atomic mass is 9.92. The maximum absolute atomic E-state index is 11.7. The minimum absolute atomic E-state index is 0.105. The summed E-state index contributed by atoms with van der Waals surface area (Å²) in [6, 6.07) is 25.5.